The average Bonchev–Trinajstić information content (AvgIpc) is 3.13. The summed E-state index contributed by atoms with van der Waals surface area (Å²) in [5.74, 6) is 0. The maximum atomic E-state index is 8.25. The van der Waals surface area contributed by atoms with Gasteiger partial charge in [-0.15, -0.1) is 0 Å². The van der Waals surface area contributed by atoms with Gasteiger partial charge in [-0.3, -0.25) is 0 Å². The number of rotatable bonds is 7. The summed E-state index contributed by atoms with van der Waals surface area (Å²) < 4.78 is 0. The van der Waals surface area contributed by atoms with E-state index in [1.54, 1.807) is 0 Å². The number of hydrogen-bond donors (Lipinski definition) is 1. The van der Waals surface area contributed by atoms with Crippen LogP contribution in [0.1, 0.15) is 86.6 Å². The Kier molecular flexibility index (Phi) is 8.92. The van der Waals surface area contributed by atoms with Crippen LogP contribution < -0.4 is 4.90 Å². The molecule has 1 aromatic carbocycles. The molecule has 0 aromatic heterocycles. The number of quaternary nitrogens is 1. The third-order valence-corrected chi connectivity index (χ3v) is 8.47. The summed E-state index contributed by atoms with van der Waals surface area (Å²) in [6.45, 7) is 23.9. The van der Waals surface area contributed by atoms with Gasteiger partial charge in [-0.2, -0.15) is 0 Å². The molecule has 0 spiro atoms. The van der Waals surface area contributed by atoms with Crippen LogP contribution in [0.15, 0.2) is 30.3 Å². The summed E-state index contributed by atoms with van der Waals surface area (Å²) >= 11 is 0. The molecule has 0 bridgehead atoms. The summed E-state index contributed by atoms with van der Waals surface area (Å²) in [5.41, 5.74) is 2.25. The molecule has 1 unspecified atom stereocenters. The Balaban J connectivity index is 0.00000103. The Morgan fingerprint density at radius 2 is 1.37 bits per heavy atom. The van der Waals surface area contributed by atoms with Crippen LogP contribution in [0.2, 0.25) is 0 Å². The first-order valence-electron chi connectivity index (χ1n) is 11.4. The summed E-state index contributed by atoms with van der Waals surface area (Å²) in [7, 11) is 0. The normalized spacial score (nSPS) is 17.7. The van der Waals surface area contributed by atoms with E-state index in [4.69, 9.17) is 15.3 Å². The van der Waals surface area contributed by atoms with E-state index in [2.05, 4.69) is 85.7 Å². The summed E-state index contributed by atoms with van der Waals surface area (Å²) in [6.07, 6.45) is 5.49. The summed E-state index contributed by atoms with van der Waals surface area (Å²) in [5, 5.41) is 14.8. The second-order valence-corrected chi connectivity index (χ2v) is 11.3. The van der Waals surface area contributed by atoms with Crippen LogP contribution in [0, 0.1) is 31.6 Å². The van der Waals surface area contributed by atoms with Crippen LogP contribution in [0.5, 0.6) is 0 Å². The maximum absolute atomic E-state index is 8.25. The van der Waals surface area contributed by atoms with E-state index in [1.807, 2.05) is 4.90 Å². The van der Waals surface area contributed by atoms with Crippen molar-refractivity contribution in [2.24, 2.45) is 16.2 Å². The fraction of sp³-hybridized carbons (Fsp3) is 0.760. The molecule has 172 valence electrons. The molecular weight excluding hydrogens is 376 g/mol. The fourth-order valence-electron chi connectivity index (χ4n) is 5.27. The van der Waals surface area contributed by atoms with Crippen molar-refractivity contribution in [1.82, 2.24) is 0 Å². The van der Waals surface area contributed by atoms with E-state index in [1.165, 1.54) is 50.9 Å². The lowest BCUT2D eigenvalue weighted by Gasteiger charge is -2.60. The highest BCUT2D eigenvalue weighted by atomic mass is 16.9. The molecule has 1 aliphatic heterocycles. The van der Waals surface area contributed by atoms with Crippen molar-refractivity contribution >= 4 is 0 Å². The van der Waals surface area contributed by atoms with Gasteiger partial charge in [0.2, 0.25) is 0 Å². The van der Waals surface area contributed by atoms with Crippen molar-refractivity contribution in [1.29, 1.82) is 0 Å². The molecule has 5 heteroatoms. The Labute approximate surface area is 184 Å². The first-order valence-corrected chi connectivity index (χ1v) is 11.4. The minimum atomic E-state index is -1.75. The molecule has 1 N–H and O–H groups in total. The maximum Gasteiger partial charge on any atom is 0.0773 e. The topological polar surface area (TPSA) is 70.6 Å². The fourth-order valence-corrected chi connectivity index (χ4v) is 5.27. The van der Waals surface area contributed by atoms with Crippen molar-refractivity contribution in [3.05, 3.63) is 51.2 Å². The quantitative estimate of drug-likeness (QED) is 0.483. The monoisotopic (exact) mass is 420 g/mol. The predicted molar refractivity (Wildman–Crippen MR) is 125 cm³/mol. The van der Waals surface area contributed by atoms with Crippen LogP contribution in [0.4, 0.5) is 0 Å². The lowest BCUT2D eigenvalue weighted by molar-refractivity contribution is -0.887. The smallest absolute Gasteiger partial charge is 0.0773 e. The van der Waals surface area contributed by atoms with Gasteiger partial charge in [-0.05, 0) is 34.7 Å². The Hall–Kier alpha value is -1.62. The van der Waals surface area contributed by atoms with Gasteiger partial charge in [-0.1, -0.05) is 85.7 Å². The van der Waals surface area contributed by atoms with Crippen molar-refractivity contribution in [2.75, 3.05) is 19.6 Å². The Morgan fingerprint density at radius 1 is 0.900 bits per heavy atom. The number of nitrogens with zero attached hydrogens (tertiary/aromatic N) is 1. The highest BCUT2D eigenvalue weighted by Crippen LogP contribution is 2.61. The standard InChI is InChI=1S/C25H43N.NO3/c1-22(2,3)24(6,7)25(8,21-15-10-9-11-16-21)23(4,5)17-14-20-26-18-12-13-19-26;2-1(3)4/h9-11,15-16H,12-14,17-20H2,1-8H3;/q;-1/p+1. The second kappa shape index (κ2) is 10.1. The zero-order chi connectivity index (χ0) is 23.2. The Bertz CT molecular complexity index is 655. The molecule has 1 heterocycles. The highest BCUT2D eigenvalue weighted by molar-refractivity contribution is 5.31. The van der Waals surface area contributed by atoms with Crippen molar-refractivity contribution in [3.63, 3.8) is 0 Å². The number of hydrogen-bond acceptors (Lipinski definition) is 3. The molecule has 1 atom stereocenters. The molecule has 1 aromatic rings. The number of nitrogens with one attached hydrogen (secondary N) is 1. The van der Waals surface area contributed by atoms with Crippen LogP contribution in [-0.4, -0.2) is 24.7 Å². The van der Waals surface area contributed by atoms with Crippen LogP contribution >= 0.6 is 0 Å². The van der Waals surface area contributed by atoms with E-state index in [0.717, 1.165) is 0 Å². The molecule has 0 saturated carbocycles. The van der Waals surface area contributed by atoms with Crippen molar-refractivity contribution < 1.29 is 9.99 Å². The van der Waals surface area contributed by atoms with E-state index < -0.39 is 5.09 Å². The van der Waals surface area contributed by atoms with Gasteiger partial charge in [0.1, 0.15) is 0 Å². The van der Waals surface area contributed by atoms with E-state index in [9.17, 15) is 0 Å². The average molecular weight is 421 g/mol. The van der Waals surface area contributed by atoms with E-state index in [0.29, 0.717) is 0 Å². The molecule has 0 amide bonds. The minimum Gasteiger partial charge on any atom is -0.356 e. The third kappa shape index (κ3) is 5.96. The van der Waals surface area contributed by atoms with Crippen LogP contribution in [0.3, 0.4) is 0 Å². The molecular formula is C25H44N2O3. The first kappa shape index (κ1) is 26.4. The minimum absolute atomic E-state index is 0.111. The molecule has 0 radical (unpaired) electrons. The van der Waals surface area contributed by atoms with Gasteiger partial charge in [-0.25, -0.2) is 0 Å². The van der Waals surface area contributed by atoms with Crippen molar-refractivity contribution in [3.8, 4) is 0 Å². The van der Waals surface area contributed by atoms with Gasteiger partial charge in [0.05, 0.1) is 24.7 Å². The van der Waals surface area contributed by atoms with Crippen LogP contribution in [-0.2, 0) is 5.41 Å². The molecule has 5 nitrogen and oxygen atoms in total. The number of likely N-dealkylation sites (tertiary alicyclic amines) is 1. The van der Waals surface area contributed by atoms with Gasteiger partial charge in [0.15, 0.2) is 0 Å². The zero-order valence-corrected chi connectivity index (χ0v) is 20.5. The lowest BCUT2D eigenvalue weighted by atomic mass is 9.44. The highest BCUT2D eigenvalue weighted by Gasteiger charge is 2.56. The molecule has 1 aliphatic rings. The third-order valence-electron chi connectivity index (χ3n) is 8.47. The summed E-state index contributed by atoms with van der Waals surface area (Å²) in [4.78, 5) is 10.1. The Morgan fingerprint density at radius 3 is 1.80 bits per heavy atom. The second-order valence-electron chi connectivity index (χ2n) is 11.3. The van der Waals surface area contributed by atoms with Gasteiger partial charge in [0, 0.05) is 18.3 Å². The first-order chi connectivity index (χ1) is 13.7. The SMILES string of the molecule is CC(C)(C)C(C)(C)C(C)(c1ccccc1)C(C)(C)CCC[NH+]1CCCC1.O=[N+]([O-])[O-]. The molecule has 30 heavy (non-hydrogen) atoms. The van der Waals surface area contributed by atoms with Gasteiger partial charge >= 0.3 is 0 Å². The molecule has 0 aliphatic carbocycles. The van der Waals surface area contributed by atoms with E-state index in [-0.39, 0.29) is 21.7 Å². The predicted octanol–water partition coefficient (Wildman–Crippen LogP) is 5.26. The zero-order valence-electron chi connectivity index (χ0n) is 20.5. The van der Waals surface area contributed by atoms with Crippen molar-refractivity contribution in [2.45, 2.75) is 86.5 Å². The lowest BCUT2D eigenvalue weighted by Crippen LogP contribution is -3.10. The van der Waals surface area contributed by atoms with Gasteiger partial charge < -0.3 is 20.2 Å². The summed E-state index contributed by atoms with van der Waals surface area (Å²) in [6, 6.07) is 11.3. The molecule has 2 rings (SSSR count). The number of benzene rings is 1. The van der Waals surface area contributed by atoms with Gasteiger partial charge in [0.25, 0.3) is 0 Å². The molecule has 1 saturated heterocycles. The van der Waals surface area contributed by atoms with E-state index >= 15 is 0 Å². The molecule has 1 fully saturated rings. The largest absolute Gasteiger partial charge is 0.356 e. The van der Waals surface area contributed by atoms with Crippen LogP contribution in [0.25, 0.3) is 0 Å².